The van der Waals surface area contributed by atoms with Crippen molar-refractivity contribution in [3.63, 3.8) is 0 Å². The van der Waals surface area contributed by atoms with E-state index in [9.17, 15) is 13.6 Å². The third kappa shape index (κ3) is 4.21. The number of fused-ring (bicyclic) bond motifs is 1. The van der Waals surface area contributed by atoms with Crippen LogP contribution in [0.2, 0.25) is 0 Å². The first-order valence-electron chi connectivity index (χ1n) is 9.73. The highest BCUT2D eigenvalue weighted by molar-refractivity contribution is 5.96. The second kappa shape index (κ2) is 8.67. The summed E-state index contributed by atoms with van der Waals surface area (Å²) >= 11 is 0. The van der Waals surface area contributed by atoms with E-state index in [2.05, 4.69) is 9.88 Å². The van der Waals surface area contributed by atoms with E-state index in [0.29, 0.717) is 30.6 Å². The van der Waals surface area contributed by atoms with Crippen LogP contribution >= 0.6 is 0 Å². The third-order valence-electron chi connectivity index (χ3n) is 5.28. The highest BCUT2D eigenvalue weighted by Crippen LogP contribution is 2.26. The van der Waals surface area contributed by atoms with Gasteiger partial charge in [-0.3, -0.25) is 14.9 Å². The fourth-order valence-electron chi connectivity index (χ4n) is 3.72. The number of hydrogen-bond acceptors (Lipinski definition) is 5. The van der Waals surface area contributed by atoms with E-state index < -0.39 is 17.6 Å². The first kappa shape index (κ1) is 20.1. The lowest BCUT2D eigenvalue weighted by Crippen LogP contribution is -2.26. The average Bonchev–Trinajstić information content (AvgIpc) is 2.97. The summed E-state index contributed by atoms with van der Waals surface area (Å²) < 4.78 is 31.7. The van der Waals surface area contributed by atoms with Gasteiger partial charge in [0.15, 0.2) is 11.6 Å². The summed E-state index contributed by atoms with van der Waals surface area (Å²) in [5.41, 5.74) is 4.37. The molecule has 0 N–H and O–H groups in total. The molecule has 0 saturated heterocycles. The zero-order valence-corrected chi connectivity index (χ0v) is 16.6. The number of pyridine rings is 2. The highest BCUT2D eigenvalue weighted by atomic mass is 19.2. The zero-order valence-electron chi connectivity index (χ0n) is 16.6. The predicted molar refractivity (Wildman–Crippen MR) is 108 cm³/mol. The second-order valence-corrected chi connectivity index (χ2v) is 7.25. The van der Waals surface area contributed by atoms with E-state index in [0.717, 1.165) is 41.5 Å². The Hall–Kier alpha value is -3.19. The lowest BCUT2D eigenvalue weighted by Gasteiger charge is -2.19. The molecule has 0 radical (unpaired) electrons. The first-order chi connectivity index (χ1) is 14.5. The monoisotopic (exact) mass is 409 g/mol. The van der Waals surface area contributed by atoms with E-state index in [1.54, 1.807) is 24.5 Å². The number of carbonyl (C=O) groups excluding carboxylic acids is 1. The summed E-state index contributed by atoms with van der Waals surface area (Å²) in [5, 5.41) is 0. The maximum Gasteiger partial charge on any atom is 0.340 e. The number of hydrogen-bond donors (Lipinski definition) is 0. The van der Waals surface area contributed by atoms with E-state index in [-0.39, 0.29) is 0 Å². The number of nitrogens with zero attached hydrogens (tertiary/aromatic N) is 3. The fourth-order valence-corrected chi connectivity index (χ4v) is 3.72. The average molecular weight is 409 g/mol. The topological polar surface area (TPSA) is 55.3 Å². The van der Waals surface area contributed by atoms with Gasteiger partial charge in [-0.25, -0.2) is 13.6 Å². The van der Waals surface area contributed by atoms with Crippen LogP contribution < -0.4 is 0 Å². The molecule has 2 aromatic heterocycles. The van der Waals surface area contributed by atoms with Crippen molar-refractivity contribution < 1.29 is 18.3 Å². The van der Waals surface area contributed by atoms with Crippen LogP contribution in [0.3, 0.4) is 0 Å². The van der Waals surface area contributed by atoms with E-state index in [1.165, 1.54) is 13.2 Å². The van der Waals surface area contributed by atoms with Crippen LogP contribution in [-0.4, -0.2) is 41.0 Å². The molecule has 0 bridgehead atoms. The molecular weight excluding hydrogens is 388 g/mol. The number of carbonyl (C=O) groups is 1. The van der Waals surface area contributed by atoms with Crippen LogP contribution in [0.25, 0.3) is 11.3 Å². The van der Waals surface area contributed by atoms with Gasteiger partial charge in [0.2, 0.25) is 0 Å². The Morgan fingerprint density at radius 3 is 2.70 bits per heavy atom. The number of benzene rings is 1. The summed E-state index contributed by atoms with van der Waals surface area (Å²) in [6.45, 7) is 1.97. The molecule has 30 heavy (non-hydrogen) atoms. The molecule has 0 spiro atoms. The van der Waals surface area contributed by atoms with Crippen molar-refractivity contribution in [1.82, 2.24) is 14.9 Å². The Kier molecular flexibility index (Phi) is 5.81. The highest BCUT2D eigenvalue weighted by Gasteiger charge is 2.22. The van der Waals surface area contributed by atoms with Gasteiger partial charge < -0.3 is 4.74 Å². The SMILES string of the molecule is COC(=O)c1cc2c(nc1-c1cccnc1)CCN(Cc1ccc(F)c(F)c1)CC2. The van der Waals surface area contributed by atoms with Crippen molar-refractivity contribution in [1.29, 1.82) is 0 Å². The molecular formula is C23H21F2N3O2. The molecule has 4 rings (SSSR count). The Bertz CT molecular complexity index is 1070. The number of halogens is 2. The number of methoxy groups -OCH3 is 1. The lowest BCUT2D eigenvalue weighted by atomic mass is 10.0. The molecule has 3 heterocycles. The predicted octanol–water partition coefficient (Wildman–Crippen LogP) is 3.81. The summed E-state index contributed by atoms with van der Waals surface area (Å²) in [7, 11) is 1.35. The minimum atomic E-state index is -0.843. The van der Waals surface area contributed by atoms with Crippen molar-refractivity contribution >= 4 is 5.97 Å². The van der Waals surface area contributed by atoms with Gasteiger partial charge >= 0.3 is 5.97 Å². The van der Waals surface area contributed by atoms with Crippen LogP contribution in [0.1, 0.15) is 27.2 Å². The lowest BCUT2D eigenvalue weighted by molar-refractivity contribution is 0.0601. The Balaban J connectivity index is 1.61. The van der Waals surface area contributed by atoms with Gasteiger partial charge in [0.1, 0.15) is 0 Å². The van der Waals surface area contributed by atoms with Gasteiger partial charge in [0.25, 0.3) is 0 Å². The maximum atomic E-state index is 13.5. The standard InChI is InChI=1S/C23H21F2N3O2/c1-30-23(29)18-12-16-6-9-28(14-15-4-5-19(24)20(25)11-15)10-7-21(16)27-22(18)17-3-2-8-26-13-17/h2-5,8,11-13H,6-7,9-10,14H2,1H3. The van der Waals surface area contributed by atoms with Crippen molar-refractivity contribution in [3.8, 4) is 11.3 Å². The van der Waals surface area contributed by atoms with Crippen LogP contribution in [0.15, 0.2) is 48.8 Å². The van der Waals surface area contributed by atoms with Crippen LogP contribution in [0.4, 0.5) is 8.78 Å². The Morgan fingerprint density at radius 1 is 1.13 bits per heavy atom. The molecule has 0 aliphatic carbocycles. The molecule has 5 nitrogen and oxygen atoms in total. The molecule has 1 aromatic carbocycles. The molecule has 0 fully saturated rings. The molecule has 0 saturated carbocycles. The Labute approximate surface area is 173 Å². The number of ether oxygens (including phenoxy) is 1. The van der Waals surface area contributed by atoms with Crippen LogP contribution in [0.5, 0.6) is 0 Å². The number of esters is 1. The van der Waals surface area contributed by atoms with Gasteiger partial charge in [-0.2, -0.15) is 0 Å². The van der Waals surface area contributed by atoms with Crippen molar-refractivity contribution in [2.24, 2.45) is 0 Å². The summed E-state index contributed by atoms with van der Waals surface area (Å²) in [4.78, 5) is 23.5. The third-order valence-corrected chi connectivity index (χ3v) is 5.28. The number of rotatable bonds is 4. The van der Waals surface area contributed by atoms with Gasteiger partial charge in [-0.1, -0.05) is 6.07 Å². The van der Waals surface area contributed by atoms with Gasteiger partial charge in [-0.05, 0) is 47.9 Å². The molecule has 1 aliphatic heterocycles. The fraction of sp³-hybridized carbons (Fsp3) is 0.261. The summed E-state index contributed by atoms with van der Waals surface area (Å²) in [5.74, 6) is -2.12. The zero-order chi connectivity index (χ0) is 21.1. The van der Waals surface area contributed by atoms with Crippen LogP contribution in [-0.2, 0) is 24.1 Å². The van der Waals surface area contributed by atoms with Crippen molar-refractivity contribution in [2.75, 3.05) is 20.2 Å². The van der Waals surface area contributed by atoms with E-state index in [1.807, 2.05) is 12.1 Å². The molecule has 154 valence electrons. The maximum absolute atomic E-state index is 13.5. The van der Waals surface area contributed by atoms with Crippen LogP contribution in [0, 0.1) is 11.6 Å². The smallest absolute Gasteiger partial charge is 0.340 e. The van der Waals surface area contributed by atoms with Gasteiger partial charge in [0, 0.05) is 49.7 Å². The molecule has 7 heteroatoms. The quantitative estimate of drug-likeness (QED) is 0.614. The molecule has 0 atom stereocenters. The van der Waals surface area contributed by atoms with Gasteiger partial charge in [0.05, 0.1) is 18.4 Å². The Morgan fingerprint density at radius 2 is 1.97 bits per heavy atom. The first-order valence-corrected chi connectivity index (χ1v) is 9.73. The van der Waals surface area contributed by atoms with Gasteiger partial charge in [-0.15, -0.1) is 0 Å². The van der Waals surface area contributed by atoms with E-state index in [4.69, 9.17) is 9.72 Å². The number of aromatic nitrogens is 2. The molecule has 0 amide bonds. The minimum absolute atomic E-state index is 0.415. The second-order valence-electron chi connectivity index (χ2n) is 7.25. The normalized spacial score (nSPS) is 14.1. The van der Waals surface area contributed by atoms with Crippen molar-refractivity contribution in [3.05, 3.63) is 82.8 Å². The summed E-state index contributed by atoms with van der Waals surface area (Å²) in [6, 6.07) is 9.51. The minimum Gasteiger partial charge on any atom is -0.465 e. The largest absolute Gasteiger partial charge is 0.465 e. The molecule has 0 unspecified atom stereocenters. The van der Waals surface area contributed by atoms with E-state index >= 15 is 0 Å². The molecule has 3 aromatic rings. The molecule has 1 aliphatic rings. The van der Waals surface area contributed by atoms with Crippen molar-refractivity contribution in [2.45, 2.75) is 19.4 Å². The summed E-state index contributed by atoms with van der Waals surface area (Å²) in [6.07, 6.45) is 4.73.